The summed E-state index contributed by atoms with van der Waals surface area (Å²) >= 11 is 0. The molecule has 0 saturated heterocycles. The minimum atomic E-state index is -3.35. The smallest absolute Gasteiger partial charge is 0.276 e. The summed E-state index contributed by atoms with van der Waals surface area (Å²) in [6.45, 7) is 3.11. The van der Waals surface area contributed by atoms with Gasteiger partial charge in [-0.3, -0.25) is 0 Å². The Bertz CT molecular complexity index is 701. The van der Waals surface area contributed by atoms with Crippen molar-refractivity contribution in [2.75, 3.05) is 13.1 Å². The molecule has 0 unspecified atom stereocenters. The predicted octanol–water partition coefficient (Wildman–Crippen LogP) is 2.64. The van der Waals surface area contributed by atoms with Crippen LogP contribution in [0.25, 0.3) is 0 Å². The normalized spacial score (nSPS) is 11.4. The fraction of sp³-hybridized carbons (Fsp3) is 0.333. The van der Waals surface area contributed by atoms with Gasteiger partial charge < -0.3 is 4.74 Å². The maximum atomic E-state index is 11.4. The molecule has 2 aromatic rings. The van der Waals surface area contributed by atoms with E-state index in [1.165, 1.54) is 0 Å². The van der Waals surface area contributed by atoms with Crippen molar-refractivity contribution in [3.8, 4) is 5.75 Å². The zero-order valence-electron chi connectivity index (χ0n) is 13.9. The second-order valence-corrected chi connectivity index (χ2v) is 7.00. The number of hydrogen-bond donors (Lipinski definition) is 2. The van der Waals surface area contributed by atoms with E-state index in [2.05, 4.69) is 9.44 Å². The number of benzene rings is 2. The molecule has 0 bridgehead atoms. The van der Waals surface area contributed by atoms with Gasteiger partial charge in [0.15, 0.2) is 0 Å². The molecule has 6 heteroatoms. The summed E-state index contributed by atoms with van der Waals surface area (Å²) in [6.07, 6.45) is 1.56. The van der Waals surface area contributed by atoms with Crippen molar-refractivity contribution in [3.05, 3.63) is 65.7 Å². The average Bonchev–Trinajstić information content (AvgIpc) is 2.59. The highest BCUT2D eigenvalue weighted by atomic mass is 32.2. The van der Waals surface area contributed by atoms with Crippen LogP contribution < -0.4 is 14.2 Å². The molecular formula is C18H24N2O3S. The van der Waals surface area contributed by atoms with E-state index in [0.29, 0.717) is 19.7 Å². The largest absolute Gasteiger partial charge is 0.489 e. The molecule has 0 radical (unpaired) electrons. The molecule has 0 atom stereocenters. The third kappa shape index (κ3) is 6.70. The van der Waals surface area contributed by atoms with Crippen LogP contribution in [0.3, 0.4) is 0 Å². The van der Waals surface area contributed by atoms with E-state index in [4.69, 9.17) is 4.74 Å². The van der Waals surface area contributed by atoms with E-state index in [9.17, 15) is 8.42 Å². The minimum Gasteiger partial charge on any atom is -0.489 e. The Kier molecular flexibility index (Phi) is 7.24. The monoisotopic (exact) mass is 348 g/mol. The molecule has 0 fully saturated rings. The highest BCUT2D eigenvalue weighted by Crippen LogP contribution is 2.15. The second kappa shape index (κ2) is 9.42. The molecule has 0 amide bonds. The van der Waals surface area contributed by atoms with Gasteiger partial charge in [-0.25, -0.2) is 9.44 Å². The molecule has 0 saturated carbocycles. The SMILES string of the molecule is CCNS(=O)(=O)NCCCc1ccc(OCc2ccccc2)cc1. The van der Waals surface area contributed by atoms with Gasteiger partial charge in [0.05, 0.1) is 0 Å². The van der Waals surface area contributed by atoms with Gasteiger partial charge in [0.2, 0.25) is 0 Å². The third-order valence-electron chi connectivity index (χ3n) is 3.44. The first-order chi connectivity index (χ1) is 11.6. The van der Waals surface area contributed by atoms with Gasteiger partial charge in [0, 0.05) is 13.1 Å². The predicted molar refractivity (Wildman–Crippen MR) is 96.1 cm³/mol. The van der Waals surface area contributed by atoms with Crippen LogP contribution in [-0.2, 0) is 23.2 Å². The highest BCUT2D eigenvalue weighted by molar-refractivity contribution is 7.87. The van der Waals surface area contributed by atoms with Crippen molar-refractivity contribution in [3.63, 3.8) is 0 Å². The van der Waals surface area contributed by atoms with Crippen LogP contribution in [0.5, 0.6) is 5.75 Å². The Labute approximate surface area is 144 Å². The van der Waals surface area contributed by atoms with Gasteiger partial charge in [0.25, 0.3) is 10.2 Å². The molecular weight excluding hydrogens is 324 g/mol. The molecule has 0 aromatic heterocycles. The van der Waals surface area contributed by atoms with E-state index in [1.807, 2.05) is 54.6 Å². The quantitative estimate of drug-likeness (QED) is 0.649. The molecule has 2 rings (SSSR count). The number of hydrogen-bond acceptors (Lipinski definition) is 3. The second-order valence-electron chi connectivity index (χ2n) is 5.42. The minimum absolute atomic E-state index is 0.389. The van der Waals surface area contributed by atoms with Crippen molar-refractivity contribution in [2.24, 2.45) is 0 Å². The van der Waals surface area contributed by atoms with E-state index in [0.717, 1.165) is 29.7 Å². The summed E-state index contributed by atoms with van der Waals surface area (Å²) in [5.41, 5.74) is 2.29. The summed E-state index contributed by atoms with van der Waals surface area (Å²) in [4.78, 5) is 0. The molecule has 0 spiro atoms. The Morgan fingerprint density at radius 2 is 1.62 bits per heavy atom. The number of aryl methyl sites for hydroxylation is 1. The Morgan fingerprint density at radius 1 is 0.917 bits per heavy atom. The lowest BCUT2D eigenvalue weighted by atomic mass is 10.1. The van der Waals surface area contributed by atoms with Gasteiger partial charge >= 0.3 is 0 Å². The zero-order chi connectivity index (χ0) is 17.3. The fourth-order valence-electron chi connectivity index (χ4n) is 2.23. The molecule has 0 aliphatic heterocycles. The zero-order valence-corrected chi connectivity index (χ0v) is 14.7. The summed E-state index contributed by atoms with van der Waals surface area (Å²) in [5.74, 6) is 0.829. The van der Waals surface area contributed by atoms with Gasteiger partial charge in [-0.05, 0) is 36.1 Å². The van der Waals surface area contributed by atoms with Crippen molar-refractivity contribution in [1.82, 2.24) is 9.44 Å². The number of ether oxygens (including phenoxy) is 1. The topological polar surface area (TPSA) is 67.4 Å². The number of nitrogens with one attached hydrogen (secondary N) is 2. The summed E-state index contributed by atoms with van der Waals surface area (Å²) in [6, 6.07) is 17.9. The lowest BCUT2D eigenvalue weighted by Gasteiger charge is -2.08. The average molecular weight is 348 g/mol. The lowest BCUT2D eigenvalue weighted by molar-refractivity contribution is 0.306. The van der Waals surface area contributed by atoms with Gasteiger partial charge in [-0.1, -0.05) is 49.4 Å². The van der Waals surface area contributed by atoms with E-state index >= 15 is 0 Å². The first kappa shape index (κ1) is 18.4. The molecule has 0 aliphatic carbocycles. The molecule has 24 heavy (non-hydrogen) atoms. The summed E-state index contributed by atoms with van der Waals surface area (Å²) in [5, 5.41) is 0. The molecule has 5 nitrogen and oxygen atoms in total. The van der Waals surface area contributed by atoms with Crippen LogP contribution in [0.2, 0.25) is 0 Å². The standard InChI is InChI=1S/C18H24N2O3S/c1-2-19-24(21,22)20-14-6-9-16-10-12-18(13-11-16)23-15-17-7-4-3-5-8-17/h3-5,7-8,10-13,19-20H,2,6,9,14-15H2,1H3. The Balaban J connectivity index is 1.72. The van der Waals surface area contributed by atoms with Crippen molar-refractivity contribution in [2.45, 2.75) is 26.4 Å². The van der Waals surface area contributed by atoms with Crippen LogP contribution in [0.15, 0.2) is 54.6 Å². The van der Waals surface area contributed by atoms with E-state index in [-0.39, 0.29) is 0 Å². The maximum Gasteiger partial charge on any atom is 0.276 e. The van der Waals surface area contributed by atoms with Gasteiger partial charge in [-0.2, -0.15) is 8.42 Å². The van der Waals surface area contributed by atoms with Crippen LogP contribution in [0.1, 0.15) is 24.5 Å². The van der Waals surface area contributed by atoms with Gasteiger partial charge in [-0.15, -0.1) is 0 Å². The molecule has 2 N–H and O–H groups in total. The van der Waals surface area contributed by atoms with Crippen molar-refractivity contribution < 1.29 is 13.2 Å². The molecule has 2 aromatic carbocycles. The molecule has 0 heterocycles. The van der Waals surface area contributed by atoms with Crippen LogP contribution in [-0.4, -0.2) is 21.5 Å². The van der Waals surface area contributed by atoms with Crippen LogP contribution in [0, 0.1) is 0 Å². The number of rotatable bonds is 10. The Morgan fingerprint density at radius 3 is 2.29 bits per heavy atom. The summed E-state index contributed by atoms with van der Waals surface area (Å²) < 4.78 is 33.5. The molecule has 0 aliphatic rings. The van der Waals surface area contributed by atoms with Crippen molar-refractivity contribution in [1.29, 1.82) is 0 Å². The first-order valence-corrected chi connectivity index (χ1v) is 9.57. The first-order valence-electron chi connectivity index (χ1n) is 8.09. The van der Waals surface area contributed by atoms with Crippen LogP contribution >= 0.6 is 0 Å². The van der Waals surface area contributed by atoms with Crippen LogP contribution in [0.4, 0.5) is 0 Å². The van der Waals surface area contributed by atoms with E-state index < -0.39 is 10.2 Å². The maximum absolute atomic E-state index is 11.4. The van der Waals surface area contributed by atoms with Crippen molar-refractivity contribution >= 4 is 10.2 Å². The third-order valence-corrected chi connectivity index (χ3v) is 4.69. The highest BCUT2D eigenvalue weighted by Gasteiger charge is 2.05. The Hall–Kier alpha value is -1.89. The fourth-order valence-corrected chi connectivity index (χ4v) is 3.13. The van der Waals surface area contributed by atoms with Gasteiger partial charge in [0.1, 0.15) is 12.4 Å². The lowest BCUT2D eigenvalue weighted by Crippen LogP contribution is -2.36. The summed E-state index contributed by atoms with van der Waals surface area (Å²) in [7, 11) is -3.35. The molecule has 130 valence electrons. The van der Waals surface area contributed by atoms with E-state index in [1.54, 1.807) is 6.92 Å².